The molecule has 1 aromatic heterocycles. The highest BCUT2D eigenvalue weighted by Crippen LogP contribution is 2.28. The van der Waals surface area contributed by atoms with E-state index in [0.29, 0.717) is 0 Å². The van der Waals surface area contributed by atoms with Crippen molar-refractivity contribution in [3.8, 4) is 0 Å². The van der Waals surface area contributed by atoms with E-state index in [9.17, 15) is 4.79 Å². The SMILES string of the molecule is O=C(N[C@H]1CCc2nccn2C1)[C@H](OC1CCCC1)c1ccccc1. The third-order valence-electron chi connectivity index (χ3n) is 5.25. The van der Waals surface area contributed by atoms with Gasteiger partial charge in [-0.25, -0.2) is 4.98 Å². The number of nitrogens with zero attached hydrogens (tertiary/aromatic N) is 2. The predicted octanol–water partition coefficient (Wildman–Crippen LogP) is 3.01. The first kappa shape index (κ1) is 16.3. The van der Waals surface area contributed by atoms with Crippen LogP contribution in [0.4, 0.5) is 0 Å². The second-order valence-electron chi connectivity index (χ2n) is 7.07. The van der Waals surface area contributed by atoms with E-state index in [4.69, 9.17) is 4.74 Å². The van der Waals surface area contributed by atoms with Crippen molar-refractivity contribution in [2.24, 2.45) is 0 Å². The van der Waals surface area contributed by atoms with Gasteiger partial charge in [-0.3, -0.25) is 4.79 Å². The standard InChI is InChI=1S/C20H25N3O2/c24-20(22-16-10-11-18-21-12-13-23(18)14-16)19(15-6-2-1-3-7-15)25-17-8-4-5-9-17/h1-3,6-7,12-13,16-17,19H,4-5,8-11,14H2,(H,22,24)/t16-,19+/m0/s1. The summed E-state index contributed by atoms with van der Waals surface area (Å²) in [5, 5.41) is 3.21. The van der Waals surface area contributed by atoms with Gasteiger partial charge in [0.1, 0.15) is 5.82 Å². The largest absolute Gasteiger partial charge is 0.360 e. The molecule has 0 unspecified atom stereocenters. The smallest absolute Gasteiger partial charge is 0.254 e. The Morgan fingerprint density at radius 3 is 2.80 bits per heavy atom. The van der Waals surface area contributed by atoms with Crippen molar-refractivity contribution in [2.75, 3.05) is 0 Å². The second kappa shape index (κ2) is 7.40. The highest BCUT2D eigenvalue weighted by molar-refractivity contribution is 5.82. The topological polar surface area (TPSA) is 56.2 Å². The Balaban J connectivity index is 1.45. The molecule has 5 heteroatoms. The summed E-state index contributed by atoms with van der Waals surface area (Å²) in [5.74, 6) is 1.08. The summed E-state index contributed by atoms with van der Waals surface area (Å²) in [6.07, 6.45) is 9.81. The minimum absolute atomic E-state index is 0.0216. The third-order valence-corrected chi connectivity index (χ3v) is 5.25. The highest BCUT2D eigenvalue weighted by atomic mass is 16.5. The summed E-state index contributed by atoms with van der Waals surface area (Å²) in [7, 11) is 0. The van der Waals surface area contributed by atoms with Crippen molar-refractivity contribution in [3.05, 3.63) is 54.1 Å². The molecule has 0 spiro atoms. The third kappa shape index (κ3) is 3.76. The van der Waals surface area contributed by atoms with Gasteiger partial charge in [0.2, 0.25) is 0 Å². The fourth-order valence-electron chi connectivity index (χ4n) is 3.90. The average molecular weight is 339 g/mol. The van der Waals surface area contributed by atoms with E-state index in [-0.39, 0.29) is 18.1 Å². The van der Waals surface area contributed by atoms with Crippen molar-refractivity contribution in [3.63, 3.8) is 0 Å². The van der Waals surface area contributed by atoms with Gasteiger partial charge in [-0.1, -0.05) is 43.2 Å². The van der Waals surface area contributed by atoms with Gasteiger partial charge in [-0.05, 0) is 24.8 Å². The van der Waals surface area contributed by atoms with Gasteiger partial charge in [-0.15, -0.1) is 0 Å². The molecule has 0 radical (unpaired) electrons. The summed E-state index contributed by atoms with van der Waals surface area (Å²) in [5.41, 5.74) is 0.936. The molecule has 1 N–H and O–H groups in total. The summed E-state index contributed by atoms with van der Waals surface area (Å²) in [6.45, 7) is 0.784. The van der Waals surface area contributed by atoms with E-state index >= 15 is 0 Å². The Labute approximate surface area is 148 Å². The quantitative estimate of drug-likeness (QED) is 0.911. The monoisotopic (exact) mass is 339 g/mol. The van der Waals surface area contributed by atoms with Crippen LogP contribution in [0, 0.1) is 0 Å². The lowest BCUT2D eigenvalue weighted by atomic mass is 10.0. The zero-order valence-electron chi connectivity index (χ0n) is 14.4. The number of fused-ring (bicyclic) bond motifs is 1. The van der Waals surface area contributed by atoms with E-state index in [0.717, 1.165) is 43.6 Å². The van der Waals surface area contributed by atoms with Crippen molar-refractivity contribution < 1.29 is 9.53 Å². The molecule has 2 aliphatic rings. The minimum Gasteiger partial charge on any atom is -0.360 e. The van der Waals surface area contributed by atoms with Crippen molar-refractivity contribution in [2.45, 2.75) is 63.3 Å². The minimum atomic E-state index is -0.520. The average Bonchev–Trinajstić information content (AvgIpc) is 3.31. The van der Waals surface area contributed by atoms with Crippen LogP contribution in [-0.4, -0.2) is 27.6 Å². The van der Waals surface area contributed by atoms with E-state index in [2.05, 4.69) is 14.9 Å². The van der Waals surface area contributed by atoms with Crippen LogP contribution in [0.5, 0.6) is 0 Å². The molecular weight excluding hydrogens is 314 g/mol. The maximum atomic E-state index is 13.0. The van der Waals surface area contributed by atoms with Crippen LogP contribution in [0.1, 0.15) is 49.6 Å². The predicted molar refractivity (Wildman–Crippen MR) is 95.0 cm³/mol. The number of hydrogen-bond donors (Lipinski definition) is 1. The van der Waals surface area contributed by atoms with E-state index in [1.165, 1.54) is 12.8 Å². The first-order valence-electron chi connectivity index (χ1n) is 9.30. The summed E-state index contributed by atoms with van der Waals surface area (Å²) in [6, 6.07) is 9.99. The maximum Gasteiger partial charge on any atom is 0.254 e. The Morgan fingerprint density at radius 2 is 2.00 bits per heavy atom. The zero-order chi connectivity index (χ0) is 17.1. The van der Waals surface area contributed by atoms with Crippen LogP contribution in [0.2, 0.25) is 0 Å². The zero-order valence-corrected chi connectivity index (χ0v) is 14.4. The molecule has 1 fully saturated rings. The molecule has 4 rings (SSSR count). The molecule has 132 valence electrons. The molecule has 1 aliphatic carbocycles. The number of carbonyl (C=O) groups is 1. The number of ether oxygens (including phenoxy) is 1. The van der Waals surface area contributed by atoms with Crippen LogP contribution in [-0.2, 0) is 22.5 Å². The molecule has 2 aromatic rings. The van der Waals surface area contributed by atoms with E-state index in [1.807, 2.05) is 42.7 Å². The van der Waals surface area contributed by atoms with Crippen molar-refractivity contribution in [1.29, 1.82) is 0 Å². The van der Waals surface area contributed by atoms with Gasteiger partial charge >= 0.3 is 0 Å². The molecule has 1 aromatic carbocycles. The lowest BCUT2D eigenvalue weighted by Gasteiger charge is -2.28. The van der Waals surface area contributed by atoms with Crippen LogP contribution in [0.3, 0.4) is 0 Å². The van der Waals surface area contributed by atoms with Crippen molar-refractivity contribution >= 4 is 5.91 Å². The number of rotatable bonds is 5. The fourth-order valence-corrected chi connectivity index (χ4v) is 3.90. The lowest BCUT2D eigenvalue weighted by Crippen LogP contribution is -2.44. The second-order valence-corrected chi connectivity index (χ2v) is 7.07. The molecule has 0 saturated heterocycles. The van der Waals surface area contributed by atoms with Crippen LogP contribution >= 0.6 is 0 Å². The number of hydrogen-bond acceptors (Lipinski definition) is 3. The summed E-state index contributed by atoms with van der Waals surface area (Å²) >= 11 is 0. The molecule has 2 atom stereocenters. The van der Waals surface area contributed by atoms with Gasteiger partial charge in [-0.2, -0.15) is 0 Å². The Hall–Kier alpha value is -2.14. The molecule has 2 heterocycles. The summed E-state index contributed by atoms with van der Waals surface area (Å²) in [4.78, 5) is 17.3. The van der Waals surface area contributed by atoms with Gasteiger partial charge < -0.3 is 14.6 Å². The lowest BCUT2D eigenvalue weighted by molar-refractivity contribution is -0.138. The van der Waals surface area contributed by atoms with Crippen molar-refractivity contribution in [1.82, 2.24) is 14.9 Å². The summed E-state index contributed by atoms with van der Waals surface area (Å²) < 4.78 is 8.35. The number of aryl methyl sites for hydroxylation is 1. The Bertz CT molecular complexity index is 707. The number of imidazole rings is 1. The van der Waals surface area contributed by atoms with Gasteiger partial charge in [0, 0.05) is 31.4 Å². The molecular formula is C20H25N3O2. The number of carbonyl (C=O) groups excluding carboxylic acids is 1. The first-order chi connectivity index (χ1) is 12.3. The molecule has 5 nitrogen and oxygen atoms in total. The molecule has 0 bridgehead atoms. The maximum absolute atomic E-state index is 13.0. The van der Waals surface area contributed by atoms with Crippen LogP contribution in [0.15, 0.2) is 42.7 Å². The van der Waals surface area contributed by atoms with Gasteiger partial charge in [0.05, 0.1) is 6.10 Å². The molecule has 1 amide bonds. The van der Waals surface area contributed by atoms with E-state index < -0.39 is 6.10 Å². The Morgan fingerprint density at radius 1 is 1.20 bits per heavy atom. The molecule has 1 aliphatic heterocycles. The molecule has 1 saturated carbocycles. The number of nitrogens with one attached hydrogen (secondary N) is 1. The number of aromatic nitrogens is 2. The highest BCUT2D eigenvalue weighted by Gasteiger charge is 2.29. The number of benzene rings is 1. The first-order valence-corrected chi connectivity index (χ1v) is 9.30. The fraction of sp³-hybridized carbons (Fsp3) is 0.500. The van der Waals surface area contributed by atoms with Gasteiger partial charge in [0.15, 0.2) is 6.10 Å². The van der Waals surface area contributed by atoms with Crippen LogP contribution in [0.25, 0.3) is 0 Å². The number of amides is 1. The normalized spacial score (nSPS) is 21.7. The Kier molecular flexibility index (Phi) is 4.83. The van der Waals surface area contributed by atoms with Crippen LogP contribution < -0.4 is 5.32 Å². The molecule has 25 heavy (non-hydrogen) atoms. The van der Waals surface area contributed by atoms with E-state index in [1.54, 1.807) is 0 Å². The van der Waals surface area contributed by atoms with Gasteiger partial charge in [0.25, 0.3) is 5.91 Å².